The molecule has 3 nitrogen and oxygen atoms in total. The van der Waals surface area contributed by atoms with Crippen LogP contribution in [0.25, 0.3) is 0 Å². The Morgan fingerprint density at radius 2 is 2.17 bits per heavy atom. The maximum Gasteiger partial charge on any atom is 0.251 e. The zero-order chi connectivity index (χ0) is 13.7. The van der Waals surface area contributed by atoms with Crippen LogP contribution in [0.5, 0.6) is 5.75 Å². The van der Waals surface area contributed by atoms with Gasteiger partial charge in [-0.1, -0.05) is 13.8 Å². The minimum atomic E-state index is -0.135. The Bertz CT molecular complexity index is 423. The number of carbonyl (C=O) groups is 1. The van der Waals surface area contributed by atoms with Gasteiger partial charge in [0, 0.05) is 12.1 Å². The molecule has 0 spiro atoms. The Balaban J connectivity index is 2.65. The van der Waals surface area contributed by atoms with Gasteiger partial charge in [-0.2, -0.15) is 0 Å². The Labute approximate surface area is 121 Å². The first kappa shape index (κ1) is 15.3. The zero-order valence-electron chi connectivity index (χ0n) is 10.7. The molecule has 1 amide bonds. The average molecular weight is 335 g/mol. The molecule has 0 saturated carbocycles. The number of rotatable bonds is 5. The van der Waals surface area contributed by atoms with Gasteiger partial charge in [0.15, 0.2) is 0 Å². The summed E-state index contributed by atoms with van der Waals surface area (Å²) < 4.78 is 5.86. The Kier molecular flexibility index (Phi) is 5.96. The third-order valence-corrected chi connectivity index (χ3v) is 3.87. The van der Waals surface area contributed by atoms with E-state index >= 15 is 0 Å². The Hall–Kier alpha value is -0.740. The standard InChI is InChI=1S/C13H17BrClNO2/c1-8(2)11(15)7-16-13(17)9-4-5-12(18-3)10(14)6-9/h4-6,8,11H,7H2,1-3H3,(H,16,17). The monoisotopic (exact) mass is 333 g/mol. The number of methoxy groups -OCH3 is 1. The molecule has 0 radical (unpaired) electrons. The van der Waals surface area contributed by atoms with Crippen LogP contribution in [0.3, 0.4) is 0 Å². The molecule has 100 valence electrons. The lowest BCUT2D eigenvalue weighted by atomic mass is 10.1. The predicted molar refractivity (Wildman–Crippen MR) is 77.5 cm³/mol. The van der Waals surface area contributed by atoms with Crippen LogP contribution >= 0.6 is 27.5 Å². The van der Waals surface area contributed by atoms with Gasteiger partial charge < -0.3 is 10.1 Å². The fourth-order valence-electron chi connectivity index (χ4n) is 1.34. The summed E-state index contributed by atoms with van der Waals surface area (Å²) in [6, 6.07) is 5.20. The van der Waals surface area contributed by atoms with Gasteiger partial charge in [-0.05, 0) is 40.0 Å². The predicted octanol–water partition coefficient (Wildman–Crippen LogP) is 3.45. The number of carbonyl (C=O) groups excluding carboxylic acids is 1. The van der Waals surface area contributed by atoms with Gasteiger partial charge in [0.2, 0.25) is 0 Å². The van der Waals surface area contributed by atoms with Crippen molar-refractivity contribution in [3.63, 3.8) is 0 Å². The summed E-state index contributed by atoms with van der Waals surface area (Å²) in [5.74, 6) is 0.892. The summed E-state index contributed by atoms with van der Waals surface area (Å²) in [7, 11) is 1.58. The highest BCUT2D eigenvalue weighted by molar-refractivity contribution is 9.10. The Morgan fingerprint density at radius 1 is 1.50 bits per heavy atom. The number of nitrogens with one attached hydrogen (secondary N) is 1. The van der Waals surface area contributed by atoms with E-state index in [4.69, 9.17) is 16.3 Å². The second-order valence-corrected chi connectivity index (χ2v) is 5.73. The van der Waals surface area contributed by atoms with Crippen LogP contribution in [-0.2, 0) is 0 Å². The van der Waals surface area contributed by atoms with Crippen molar-refractivity contribution in [3.8, 4) is 5.75 Å². The lowest BCUT2D eigenvalue weighted by molar-refractivity contribution is 0.0952. The molecule has 0 fully saturated rings. The Morgan fingerprint density at radius 3 is 2.67 bits per heavy atom. The molecule has 18 heavy (non-hydrogen) atoms. The van der Waals surface area contributed by atoms with Gasteiger partial charge >= 0.3 is 0 Å². The molecule has 0 aliphatic heterocycles. The van der Waals surface area contributed by atoms with E-state index < -0.39 is 0 Å². The normalized spacial score (nSPS) is 12.3. The summed E-state index contributed by atoms with van der Waals surface area (Å²) in [4.78, 5) is 11.9. The number of benzene rings is 1. The van der Waals surface area contributed by atoms with Crippen molar-refractivity contribution >= 4 is 33.4 Å². The van der Waals surface area contributed by atoms with Crippen LogP contribution in [0, 0.1) is 5.92 Å². The SMILES string of the molecule is COc1ccc(C(=O)NCC(Cl)C(C)C)cc1Br. The van der Waals surface area contributed by atoms with Crippen LogP contribution in [0.2, 0.25) is 0 Å². The zero-order valence-corrected chi connectivity index (χ0v) is 13.0. The van der Waals surface area contributed by atoms with E-state index in [0.29, 0.717) is 23.8 Å². The van der Waals surface area contributed by atoms with Crippen LogP contribution < -0.4 is 10.1 Å². The third kappa shape index (κ3) is 4.18. The molecule has 1 aromatic carbocycles. The molecule has 0 aliphatic carbocycles. The number of hydrogen-bond donors (Lipinski definition) is 1. The molecule has 1 rings (SSSR count). The number of alkyl halides is 1. The van der Waals surface area contributed by atoms with Crippen molar-refractivity contribution in [2.75, 3.05) is 13.7 Å². The van der Waals surface area contributed by atoms with E-state index in [1.165, 1.54) is 0 Å². The molecule has 1 N–H and O–H groups in total. The minimum absolute atomic E-state index is 0.0596. The van der Waals surface area contributed by atoms with Crippen molar-refractivity contribution in [1.29, 1.82) is 0 Å². The van der Waals surface area contributed by atoms with E-state index in [1.807, 2.05) is 13.8 Å². The topological polar surface area (TPSA) is 38.3 Å². The number of halogens is 2. The largest absolute Gasteiger partial charge is 0.496 e. The molecular formula is C13H17BrClNO2. The molecule has 5 heteroatoms. The van der Waals surface area contributed by atoms with Crippen LogP contribution in [0.15, 0.2) is 22.7 Å². The van der Waals surface area contributed by atoms with Crippen LogP contribution in [0.1, 0.15) is 24.2 Å². The first-order valence-corrected chi connectivity index (χ1v) is 6.94. The highest BCUT2D eigenvalue weighted by atomic mass is 79.9. The number of amides is 1. The number of ether oxygens (including phenoxy) is 1. The fraction of sp³-hybridized carbons (Fsp3) is 0.462. The highest BCUT2D eigenvalue weighted by Gasteiger charge is 2.13. The molecule has 1 unspecified atom stereocenters. The average Bonchev–Trinajstić information content (AvgIpc) is 2.35. The molecule has 0 bridgehead atoms. The van der Waals surface area contributed by atoms with Crippen molar-refractivity contribution in [1.82, 2.24) is 5.32 Å². The van der Waals surface area contributed by atoms with Crippen LogP contribution in [0.4, 0.5) is 0 Å². The third-order valence-electron chi connectivity index (χ3n) is 2.59. The first-order chi connectivity index (χ1) is 8.45. The van der Waals surface area contributed by atoms with Crippen molar-refractivity contribution < 1.29 is 9.53 Å². The highest BCUT2D eigenvalue weighted by Crippen LogP contribution is 2.25. The van der Waals surface area contributed by atoms with E-state index in [1.54, 1.807) is 25.3 Å². The molecule has 0 saturated heterocycles. The molecule has 0 heterocycles. The fourth-order valence-corrected chi connectivity index (χ4v) is 1.95. The molecule has 1 aromatic rings. The lowest BCUT2D eigenvalue weighted by Gasteiger charge is -2.14. The van der Waals surface area contributed by atoms with Crippen molar-refractivity contribution in [2.45, 2.75) is 19.2 Å². The van der Waals surface area contributed by atoms with E-state index in [0.717, 1.165) is 4.47 Å². The van der Waals surface area contributed by atoms with Crippen LogP contribution in [-0.4, -0.2) is 24.9 Å². The second kappa shape index (κ2) is 7.00. The second-order valence-electron chi connectivity index (χ2n) is 4.32. The number of hydrogen-bond acceptors (Lipinski definition) is 2. The van der Waals surface area contributed by atoms with Crippen molar-refractivity contribution in [2.24, 2.45) is 5.92 Å². The summed E-state index contributed by atoms with van der Waals surface area (Å²) in [5.41, 5.74) is 0.579. The van der Waals surface area contributed by atoms with Crippen molar-refractivity contribution in [3.05, 3.63) is 28.2 Å². The minimum Gasteiger partial charge on any atom is -0.496 e. The first-order valence-electron chi connectivity index (χ1n) is 5.71. The summed E-state index contributed by atoms with van der Waals surface area (Å²) in [5, 5.41) is 2.75. The molecule has 0 aromatic heterocycles. The van der Waals surface area contributed by atoms with Gasteiger partial charge in [0.25, 0.3) is 5.91 Å². The summed E-state index contributed by atoms with van der Waals surface area (Å²) in [6.07, 6.45) is 0. The molecule has 1 atom stereocenters. The van der Waals surface area contributed by atoms with Gasteiger partial charge in [0.1, 0.15) is 5.75 Å². The smallest absolute Gasteiger partial charge is 0.251 e. The van der Waals surface area contributed by atoms with Gasteiger partial charge in [0.05, 0.1) is 17.0 Å². The summed E-state index contributed by atoms with van der Waals surface area (Å²) in [6.45, 7) is 4.50. The van der Waals surface area contributed by atoms with Gasteiger partial charge in [-0.15, -0.1) is 11.6 Å². The molecular weight excluding hydrogens is 318 g/mol. The summed E-state index contributed by atoms with van der Waals surface area (Å²) >= 11 is 9.43. The van der Waals surface area contributed by atoms with Gasteiger partial charge in [-0.3, -0.25) is 4.79 Å². The molecule has 0 aliphatic rings. The van der Waals surface area contributed by atoms with E-state index in [9.17, 15) is 4.79 Å². The van der Waals surface area contributed by atoms with E-state index in [-0.39, 0.29) is 11.3 Å². The van der Waals surface area contributed by atoms with E-state index in [2.05, 4.69) is 21.2 Å². The quantitative estimate of drug-likeness (QED) is 0.838. The maximum atomic E-state index is 11.9. The lowest BCUT2D eigenvalue weighted by Crippen LogP contribution is -2.31. The van der Waals surface area contributed by atoms with Gasteiger partial charge in [-0.25, -0.2) is 0 Å². The maximum absolute atomic E-state index is 11.9.